The molecular weight excluding hydrogens is 368 g/mol. The van der Waals surface area contributed by atoms with E-state index in [1.54, 1.807) is 6.20 Å². The van der Waals surface area contributed by atoms with E-state index in [0.717, 1.165) is 41.2 Å². The number of carbonyl (C=O) groups excluding carboxylic acids is 1. The summed E-state index contributed by atoms with van der Waals surface area (Å²) in [5.41, 5.74) is 5.03. The number of amides is 1. The summed E-state index contributed by atoms with van der Waals surface area (Å²) in [6.07, 6.45) is 4.61. The average Bonchev–Trinajstić information content (AvgIpc) is 3.24. The summed E-state index contributed by atoms with van der Waals surface area (Å²) >= 11 is 0. The van der Waals surface area contributed by atoms with Crippen LogP contribution in [0.15, 0.2) is 54.9 Å². The topological polar surface area (TPSA) is 87.5 Å². The van der Waals surface area contributed by atoms with Crippen molar-refractivity contribution < 1.29 is 14.7 Å². The normalized spacial score (nSPS) is 12.3. The maximum Gasteiger partial charge on any atom is 0.290 e. The minimum Gasteiger partial charge on any atom is -0.483 e. The SMILES string of the molecule is CCN(C)c1ccc(-c2nccn2-c2ccc3c(c2)C(=O)NCC3)cc1.O=CO. The molecule has 2 heterocycles. The fourth-order valence-corrected chi connectivity index (χ4v) is 3.32. The third-order valence-corrected chi connectivity index (χ3v) is 4.98. The van der Waals surface area contributed by atoms with Gasteiger partial charge in [-0.3, -0.25) is 14.2 Å². The van der Waals surface area contributed by atoms with Gasteiger partial charge in [-0.25, -0.2) is 4.98 Å². The largest absolute Gasteiger partial charge is 0.483 e. The zero-order valence-corrected chi connectivity index (χ0v) is 16.5. The van der Waals surface area contributed by atoms with Gasteiger partial charge < -0.3 is 15.3 Å². The Morgan fingerprint density at radius 1 is 1.24 bits per heavy atom. The Morgan fingerprint density at radius 3 is 2.66 bits per heavy atom. The smallest absolute Gasteiger partial charge is 0.290 e. The van der Waals surface area contributed by atoms with Crippen LogP contribution in [0.3, 0.4) is 0 Å². The van der Waals surface area contributed by atoms with Crippen LogP contribution in [0.1, 0.15) is 22.8 Å². The van der Waals surface area contributed by atoms with Gasteiger partial charge in [-0.2, -0.15) is 0 Å². The quantitative estimate of drug-likeness (QED) is 0.667. The fourth-order valence-electron chi connectivity index (χ4n) is 3.32. The van der Waals surface area contributed by atoms with Crippen molar-refractivity contribution in [3.05, 3.63) is 66.0 Å². The molecule has 0 unspecified atom stereocenters. The molecular formula is C22H24N4O3. The first-order chi connectivity index (χ1) is 14.1. The molecule has 1 aliphatic heterocycles. The molecule has 150 valence electrons. The van der Waals surface area contributed by atoms with Crippen molar-refractivity contribution >= 4 is 18.1 Å². The number of benzene rings is 2. The third-order valence-electron chi connectivity index (χ3n) is 4.98. The van der Waals surface area contributed by atoms with Crippen LogP contribution in [0.2, 0.25) is 0 Å². The first-order valence-corrected chi connectivity index (χ1v) is 9.43. The number of nitrogens with one attached hydrogen (secondary N) is 1. The van der Waals surface area contributed by atoms with Crippen molar-refractivity contribution in [2.75, 3.05) is 25.0 Å². The van der Waals surface area contributed by atoms with Crippen molar-refractivity contribution in [1.29, 1.82) is 0 Å². The Hall–Kier alpha value is -3.61. The number of hydrogen-bond acceptors (Lipinski definition) is 4. The number of imidazole rings is 1. The zero-order valence-electron chi connectivity index (χ0n) is 16.5. The predicted octanol–water partition coefficient (Wildman–Crippen LogP) is 2.98. The summed E-state index contributed by atoms with van der Waals surface area (Å²) in [6.45, 7) is 3.55. The summed E-state index contributed by atoms with van der Waals surface area (Å²) in [5, 5.41) is 9.80. The molecule has 0 saturated heterocycles. The molecule has 1 aliphatic rings. The van der Waals surface area contributed by atoms with Gasteiger partial charge in [-0.15, -0.1) is 0 Å². The fraction of sp³-hybridized carbons (Fsp3) is 0.227. The molecule has 0 atom stereocenters. The number of carboxylic acid groups (broad SMARTS) is 1. The number of rotatable bonds is 4. The third kappa shape index (κ3) is 4.29. The van der Waals surface area contributed by atoms with Gasteiger partial charge in [-0.1, -0.05) is 6.07 Å². The highest BCUT2D eigenvalue weighted by Crippen LogP contribution is 2.26. The summed E-state index contributed by atoms with van der Waals surface area (Å²) in [6, 6.07) is 14.5. The van der Waals surface area contributed by atoms with Crippen molar-refractivity contribution in [1.82, 2.24) is 14.9 Å². The second-order valence-electron chi connectivity index (χ2n) is 6.63. The van der Waals surface area contributed by atoms with Gasteiger partial charge >= 0.3 is 0 Å². The van der Waals surface area contributed by atoms with E-state index in [9.17, 15) is 4.79 Å². The monoisotopic (exact) mass is 392 g/mol. The lowest BCUT2D eigenvalue weighted by Crippen LogP contribution is -2.31. The molecule has 29 heavy (non-hydrogen) atoms. The van der Waals surface area contributed by atoms with Crippen LogP contribution < -0.4 is 10.2 Å². The number of hydrogen-bond donors (Lipinski definition) is 2. The van der Waals surface area contributed by atoms with Crippen LogP contribution >= 0.6 is 0 Å². The first kappa shape index (κ1) is 20.1. The number of fused-ring (bicyclic) bond motifs is 1. The van der Waals surface area contributed by atoms with Crippen LogP contribution in [-0.4, -0.2) is 47.2 Å². The summed E-state index contributed by atoms with van der Waals surface area (Å²) in [4.78, 5) is 27.2. The van der Waals surface area contributed by atoms with E-state index < -0.39 is 0 Å². The van der Waals surface area contributed by atoms with Gasteiger partial charge in [0.2, 0.25) is 0 Å². The average molecular weight is 392 g/mol. The van der Waals surface area contributed by atoms with Gasteiger partial charge in [-0.05, 0) is 55.3 Å². The molecule has 0 saturated carbocycles. The van der Waals surface area contributed by atoms with Crippen LogP contribution in [0, 0.1) is 0 Å². The Balaban J connectivity index is 0.000000755. The van der Waals surface area contributed by atoms with E-state index in [-0.39, 0.29) is 12.4 Å². The molecule has 2 aromatic carbocycles. The second kappa shape index (κ2) is 9.05. The molecule has 1 aromatic heterocycles. The molecule has 0 bridgehead atoms. The molecule has 1 amide bonds. The molecule has 7 heteroatoms. The molecule has 0 fully saturated rings. The van der Waals surface area contributed by atoms with Crippen LogP contribution in [0.25, 0.3) is 17.1 Å². The van der Waals surface area contributed by atoms with E-state index in [4.69, 9.17) is 9.90 Å². The minimum atomic E-state index is -0.250. The zero-order chi connectivity index (χ0) is 20.8. The molecule has 3 aromatic rings. The number of anilines is 1. The summed E-state index contributed by atoms with van der Waals surface area (Å²) < 4.78 is 2.03. The lowest BCUT2D eigenvalue weighted by molar-refractivity contribution is -0.122. The van der Waals surface area contributed by atoms with E-state index in [1.165, 1.54) is 5.69 Å². The van der Waals surface area contributed by atoms with Gasteiger partial charge in [0, 0.05) is 55.0 Å². The predicted molar refractivity (Wildman–Crippen MR) is 113 cm³/mol. The highest BCUT2D eigenvalue weighted by atomic mass is 16.3. The van der Waals surface area contributed by atoms with Crippen molar-refractivity contribution in [2.24, 2.45) is 0 Å². The minimum absolute atomic E-state index is 0.00159. The summed E-state index contributed by atoms with van der Waals surface area (Å²) in [5.74, 6) is 0.869. The second-order valence-corrected chi connectivity index (χ2v) is 6.63. The lowest BCUT2D eigenvalue weighted by atomic mass is 9.99. The molecule has 0 radical (unpaired) electrons. The van der Waals surface area contributed by atoms with Gasteiger partial charge in [0.05, 0.1) is 0 Å². The summed E-state index contributed by atoms with van der Waals surface area (Å²) in [7, 11) is 2.08. The Bertz CT molecular complexity index is 996. The van der Waals surface area contributed by atoms with Crippen molar-refractivity contribution in [3.63, 3.8) is 0 Å². The van der Waals surface area contributed by atoms with Crippen LogP contribution in [0.4, 0.5) is 5.69 Å². The first-order valence-electron chi connectivity index (χ1n) is 9.43. The Morgan fingerprint density at radius 2 is 1.97 bits per heavy atom. The maximum atomic E-state index is 12.2. The lowest BCUT2D eigenvalue weighted by Gasteiger charge is -2.18. The number of aromatic nitrogens is 2. The van der Waals surface area contributed by atoms with Crippen LogP contribution in [-0.2, 0) is 11.2 Å². The molecule has 7 nitrogen and oxygen atoms in total. The highest BCUT2D eigenvalue weighted by molar-refractivity contribution is 5.97. The van der Waals surface area contributed by atoms with E-state index in [1.807, 2.05) is 22.9 Å². The Kier molecular flexibility index (Phi) is 6.29. The van der Waals surface area contributed by atoms with Crippen LogP contribution in [0.5, 0.6) is 0 Å². The molecule has 4 rings (SSSR count). The van der Waals surface area contributed by atoms with E-state index >= 15 is 0 Å². The standard InChI is InChI=1S/C21H22N4O.CH2O2/c1-3-24(2)17-7-5-16(6-8-17)20-22-12-13-25(20)18-9-4-15-10-11-23-21(26)19(15)14-18;2-1-3/h4-9,12-14H,3,10-11H2,1-2H3,(H,23,26);1H,(H,2,3). The van der Waals surface area contributed by atoms with E-state index in [0.29, 0.717) is 6.54 Å². The van der Waals surface area contributed by atoms with E-state index in [2.05, 4.69) is 59.5 Å². The molecule has 2 N–H and O–H groups in total. The molecule has 0 spiro atoms. The van der Waals surface area contributed by atoms with Crippen molar-refractivity contribution in [2.45, 2.75) is 13.3 Å². The number of nitrogens with zero attached hydrogens (tertiary/aromatic N) is 3. The van der Waals surface area contributed by atoms with Crippen molar-refractivity contribution in [3.8, 4) is 17.1 Å². The molecule has 0 aliphatic carbocycles. The van der Waals surface area contributed by atoms with Gasteiger partial charge in [0.15, 0.2) is 0 Å². The van der Waals surface area contributed by atoms with Gasteiger partial charge in [0.25, 0.3) is 12.4 Å². The highest BCUT2D eigenvalue weighted by Gasteiger charge is 2.18. The maximum absolute atomic E-state index is 12.2. The number of carbonyl (C=O) groups is 2. The Labute approximate surface area is 169 Å². The van der Waals surface area contributed by atoms with Gasteiger partial charge in [0.1, 0.15) is 5.82 Å².